The first-order chi connectivity index (χ1) is 7.63. The Morgan fingerprint density at radius 3 is 2.88 bits per heavy atom. The van der Waals surface area contributed by atoms with Crippen LogP contribution in [0.25, 0.3) is 6.08 Å². The average Bonchev–Trinajstić information content (AvgIpc) is 2.26. The van der Waals surface area contributed by atoms with Gasteiger partial charge < -0.3 is 5.32 Å². The van der Waals surface area contributed by atoms with Crippen LogP contribution in [0.15, 0.2) is 30.1 Å². The number of aromatic nitrogens is 1. The number of amides is 1. The molecule has 1 aromatic heterocycles. The number of pyridine rings is 1. The van der Waals surface area contributed by atoms with Crippen molar-refractivity contribution in [2.24, 2.45) is 0 Å². The van der Waals surface area contributed by atoms with Crippen molar-refractivity contribution in [2.75, 3.05) is 0 Å². The van der Waals surface area contributed by atoms with Crippen molar-refractivity contribution in [3.8, 4) is 6.07 Å². The monoisotopic (exact) mass is 215 g/mol. The molecular weight excluding hydrogens is 202 g/mol. The molecule has 1 rings (SSSR count). The Bertz CT molecular complexity index is 429. The van der Waals surface area contributed by atoms with Gasteiger partial charge in [-0.2, -0.15) is 5.26 Å². The predicted molar refractivity (Wildman–Crippen MR) is 61.1 cm³/mol. The molecule has 4 nitrogen and oxygen atoms in total. The highest BCUT2D eigenvalue weighted by molar-refractivity contribution is 6.01. The third-order valence-electron chi connectivity index (χ3n) is 1.78. The summed E-state index contributed by atoms with van der Waals surface area (Å²) in [5.41, 5.74) is 0.819. The molecule has 1 heterocycles. The van der Waals surface area contributed by atoms with Gasteiger partial charge in [-0.1, -0.05) is 6.07 Å². The molecule has 0 fully saturated rings. The van der Waals surface area contributed by atoms with Crippen LogP contribution in [0, 0.1) is 11.3 Å². The zero-order valence-corrected chi connectivity index (χ0v) is 9.27. The summed E-state index contributed by atoms with van der Waals surface area (Å²) in [4.78, 5) is 15.5. The molecule has 4 heteroatoms. The van der Waals surface area contributed by atoms with E-state index >= 15 is 0 Å². The van der Waals surface area contributed by atoms with Gasteiger partial charge in [-0.25, -0.2) is 0 Å². The molecule has 0 saturated heterocycles. The van der Waals surface area contributed by atoms with Crippen LogP contribution in [0.4, 0.5) is 0 Å². The summed E-state index contributed by atoms with van der Waals surface area (Å²) < 4.78 is 0. The minimum Gasteiger partial charge on any atom is -0.349 e. The number of hydrogen-bond donors (Lipinski definition) is 1. The molecule has 0 aromatic carbocycles. The van der Waals surface area contributed by atoms with Gasteiger partial charge in [-0.3, -0.25) is 9.78 Å². The normalized spacial score (nSPS) is 11.0. The topological polar surface area (TPSA) is 65.8 Å². The van der Waals surface area contributed by atoms with Gasteiger partial charge in [0.25, 0.3) is 5.91 Å². The van der Waals surface area contributed by atoms with Gasteiger partial charge in [-0.15, -0.1) is 0 Å². The average molecular weight is 215 g/mol. The molecule has 1 amide bonds. The lowest BCUT2D eigenvalue weighted by molar-refractivity contribution is -0.117. The Morgan fingerprint density at radius 1 is 1.62 bits per heavy atom. The van der Waals surface area contributed by atoms with Crippen molar-refractivity contribution in [3.63, 3.8) is 0 Å². The molecule has 0 radical (unpaired) electrons. The van der Waals surface area contributed by atoms with E-state index in [1.54, 1.807) is 24.5 Å². The first-order valence-corrected chi connectivity index (χ1v) is 4.96. The summed E-state index contributed by atoms with van der Waals surface area (Å²) in [6.07, 6.45) is 4.75. The van der Waals surface area contributed by atoms with E-state index in [0.717, 1.165) is 5.56 Å². The fourth-order valence-electron chi connectivity index (χ4n) is 1.12. The smallest absolute Gasteiger partial charge is 0.262 e. The van der Waals surface area contributed by atoms with Gasteiger partial charge in [0.15, 0.2) is 0 Å². The van der Waals surface area contributed by atoms with Gasteiger partial charge in [0.05, 0.1) is 0 Å². The summed E-state index contributed by atoms with van der Waals surface area (Å²) >= 11 is 0. The van der Waals surface area contributed by atoms with Gasteiger partial charge in [-0.05, 0) is 31.6 Å². The maximum Gasteiger partial charge on any atom is 0.262 e. The lowest BCUT2D eigenvalue weighted by atomic mass is 10.1. The van der Waals surface area contributed by atoms with E-state index in [-0.39, 0.29) is 17.5 Å². The first-order valence-electron chi connectivity index (χ1n) is 4.96. The fourth-order valence-corrected chi connectivity index (χ4v) is 1.12. The molecule has 1 aromatic rings. The molecule has 1 N–H and O–H groups in total. The van der Waals surface area contributed by atoms with Crippen LogP contribution in [0.5, 0.6) is 0 Å². The third kappa shape index (κ3) is 3.54. The van der Waals surface area contributed by atoms with Crippen molar-refractivity contribution < 1.29 is 4.79 Å². The summed E-state index contributed by atoms with van der Waals surface area (Å²) in [5.74, 6) is -0.360. The molecule has 16 heavy (non-hydrogen) atoms. The Balaban J connectivity index is 2.88. The van der Waals surface area contributed by atoms with Crippen LogP contribution >= 0.6 is 0 Å². The minimum atomic E-state index is -0.360. The van der Waals surface area contributed by atoms with Crippen LogP contribution in [0.3, 0.4) is 0 Å². The second kappa shape index (κ2) is 5.66. The van der Waals surface area contributed by atoms with Crippen LogP contribution < -0.4 is 5.32 Å². The highest BCUT2D eigenvalue weighted by Crippen LogP contribution is 2.04. The zero-order valence-electron chi connectivity index (χ0n) is 9.27. The SMILES string of the molecule is CC(C)NC(=O)/C(C#N)=C/c1cccnc1. The summed E-state index contributed by atoms with van der Waals surface area (Å²) in [6, 6.07) is 5.43. The molecule has 0 atom stereocenters. The van der Waals surface area contributed by atoms with E-state index in [4.69, 9.17) is 5.26 Å². The number of hydrogen-bond acceptors (Lipinski definition) is 3. The molecule has 0 saturated carbocycles. The summed E-state index contributed by atoms with van der Waals surface area (Å²) in [7, 11) is 0. The Hall–Kier alpha value is -2.15. The highest BCUT2D eigenvalue weighted by atomic mass is 16.1. The number of nitrogens with one attached hydrogen (secondary N) is 1. The number of nitrogens with zero attached hydrogens (tertiary/aromatic N) is 2. The Kier molecular flexibility index (Phi) is 4.22. The van der Waals surface area contributed by atoms with Gasteiger partial charge in [0.2, 0.25) is 0 Å². The van der Waals surface area contributed by atoms with Gasteiger partial charge in [0.1, 0.15) is 11.6 Å². The van der Waals surface area contributed by atoms with Crippen molar-refractivity contribution in [3.05, 3.63) is 35.7 Å². The quantitative estimate of drug-likeness (QED) is 0.614. The maximum atomic E-state index is 11.6. The van der Waals surface area contributed by atoms with E-state index < -0.39 is 0 Å². The van der Waals surface area contributed by atoms with E-state index in [1.807, 2.05) is 19.9 Å². The predicted octanol–water partition coefficient (Wildman–Crippen LogP) is 1.51. The van der Waals surface area contributed by atoms with E-state index in [0.29, 0.717) is 0 Å². The Morgan fingerprint density at radius 2 is 2.38 bits per heavy atom. The third-order valence-corrected chi connectivity index (χ3v) is 1.78. The van der Waals surface area contributed by atoms with Crippen LogP contribution in [-0.4, -0.2) is 16.9 Å². The van der Waals surface area contributed by atoms with Crippen LogP contribution in [-0.2, 0) is 4.79 Å². The lowest BCUT2D eigenvalue weighted by Gasteiger charge is -2.06. The number of nitriles is 1. The second-order valence-electron chi connectivity index (χ2n) is 3.58. The molecule has 0 aliphatic rings. The number of carbonyl (C=O) groups is 1. The van der Waals surface area contributed by atoms with Crippen LogP contribution in [0.2, 0.25) is 0 Å². The molecule has 82 valence electrons. The van der Waals surface area contributed by atoms with E-state index in [1.165, 1.54) is 6.08 Å². The molecule has 0 aliphatic heterocycles. The molecule has 0 spiro atoms. The lowest BCUT2D eigenvalue weighted by Crippen LogP contribution is -2.30. The molecule has 0 aliphatic carbocycles. The van der Waals surface area contributed by atoms with Crippen molar-refractivity contribution in [1.29, 1.82) is 5.26 Å². The zero-order chi connectivity index (χ0) is 12.0. The van der Waals surface area contributed by atoms with Crippen LogP contribution in [0.1, 0.15) is 19.4 Å². The second-order valence-corrected chi connectivity index (χ2v) is 3.58. The Labute approximate surface area is 94.6 Å². The maximum absolute atomic E-state index is 11.6. The largest absolute Gasteiger partial charge is 0.349 e. The van der Waals surface area contributed by atoms with Crippen molar-refractivity contribution in [2.45, 2.75) is 19.9 Å². The van der Waals surface area contributed by atoms with Gasteiger partial charge in [0, 0.05) is 18.4 Å². The first kappa shape index (κ1) is 11.9. The summed E-state index contributed by atoms with van der Waals surface area (Å²) in [5, 5.41) is 11.5. The van der Waals surface area contributed by atoms with E-state index in [9.17, 15) is 4.79 Å². The van der Waals surface area contributed by atoms with Crippen molar-refractivity contribution in [1.82, 2.24) is 10.3 Å². The molecule has 0 bridgehead atoms. The minimum absolute atomic E-state index is 0.0122. The summed E-state index contributed by atoms with van der Waals surface area (Å²) in [6.45, 7) is 3.69. The molecule has 0 unspecified atom stereocenters. The highest BCUT2D eigenvalue weighted by Gasteiger charge is 2.09. The number of carbonyl (C=O) groups excluding carboxylic acids is 1. The van der Waals surface area contributed by atoms with E-state index in [2.05, 4.69) is 10.3 Å². The number of rotatable bonds is 3. The molecular formula is C12H13N3O. The van der Waals surface area contributed by atoms with Gasteiger partial charge >= 0.3 is 0 Å². The van der Waals surface area contributed by atoms with Crippen molar-refractivity contribution >= 4 is 12.0 Å². The fraction of sp³-hybridized carbons (Fsp3) is 0.250. The standard InChI is InChI=1S/C12H13N3O/c1-9(2)15-12(16)11(7-13)6-10-4-3-5-14-8-10/h3-6,8-9H,1-2H3,(H,15,16)/b11-6+.